The van der Waals surface area contributed by atoms with E-state index in [9.17, 15) is 9.18 Å². The van der Waals surface area contributed by atoms with Crippen LogP contribution >= 0.6 is 0 Å². The fourth-order valence-electron chi connectivity index (χ4n) is 1.51. The van der Waals surface area contributed by atoms with E-state index < -0.39 is 5.91 Å². The quantitative estimate of drug-likeness (QED) is 0.725. The first-order valence-electron chi connectivity index (χ1n) is 6.07. The average Bonchev–Trinajstić information content (AvgIpc) is 2.99. The Kier molecular flexibility index (Phi) is 4.62. The number of primary amides is 1. The Morgan fingerprint density at radius 3 is 2.62 bits per heavy atom. The van der Waals surface area contributed by atoms with Gasteiger partial charge in [0.1, 0.15) is 12.4 Å². The van der Waals surface area contributed by atoms with Crippen molar-refractivity contribution in [1.82, 2.24) is 15.2 Å². The molecule has 0 aliphatic heterocycles. The molecule has 0 unspecified atom stereocenters. The molecule has 0 bridgehead atoms. The molecule has 0 radical (unpaired) electrons. The summed E-state index contributed by atoms with van der Waals surface area (Å²) >= 11 is 0. The number of hydrogen-bond acceptors (Lipinski definition) is 5. The molecule has 1 amide bonds. The van der Waals surface area contributed by atoms with Crippen molar-refractivity contribution in [1.29, 1.82) is 0 Å². The Morgan fingerprint density at radius 1 is 1.38 bits per heavy atom. The van der Waals surface area contributed by atoms with Crippen LogP contribution in [0.4, 0.5) is 4.39 Å². The molecule has 2 rings (SSSR count). The van der Waals surface area contributed by atoms with E-state index in [1.165, 1.54) is 0 Å². The van der Waals surface area contributed by atoms with Gasteiger partial charge in [-0.2, -0.15) is 5.10 Å². The highest BCUT2D eigenvalue weighted by Crippen LogP contribution is 2.19. The van der Waals surface area contributed by atoms with E-state index in [1.54, 1.807) is 24.3 Å². The maximum Gasteiger partial charge on any atom is 0.286 e. The third kappa shape index (κ3) is 3.63. The lowest BCUT2D eigenvalue weighted by Gasteiger charge is -2.07. The summed E-state index contributed by atoms with van der Waals surface area (Å²) in [5, 5.41) is 6.33. The minimum absolute atomic E-state index is 0.00834. The van der Waals surface area contributed by atoms with Crippen LogP contribution in [0.2, 0.25) is 0 Å². The van der Waals surface area contributed by atoms with Crippen LogP contribution in [0.15, 0.2) is 36.2 Å². The van der Waals surface area contributed by atoms with Crippen molar-refractivity contribution in [3.05, 3.63) is 42.0 Å². The van der Waals surface area contributed by atoms with Gasteiger partial charge < -0.3 is 16.2 Å². The number of rotatable bonds is 6. The summed E-state index contributed by atoms with van der Waals surface area (Å²) in [7, 11) is 0. The molecular weight excluding hydrogens is 277 g/mol. The minimum atomic E-state index is -0.680. The van der Waals surface area contributed by atoms with E-state index >= 15 is 0 Å². The number of nitrogens with zero attached hydrogens (tertiary/aromatic N) is 2. The van der Waals surface area contributed by atoms with Crippen molar-refractivity contribution in [2.24, 2.45) is 11.5 Å². The second kappa shape index (κ2) is 6.62. The smallest absolute Gasteiger partial charge is 0.286 e. The molecule has 2 aromatic rings. The normalized spacial score (nSPS) is 11.4. The number of H-pyrrole nitrogens is 1. The first-order chi connectivity index (χ1) is 10.1. The summed E-state index contributed by atoms with van der Waals surface area (Å²) in [6.07, 6.45) is 0.438. The second-order valence-corrected chi connectivity index (χ2v) is 4.16. The number of hydrogen-bond donors (Lipinski definition) is 3. The third-order valence-corrected chi connectivity index (χ3v) is 2.67. The zero-order chi connectivity index (χ0) is 15.2. The lowest BCUT2D eigenvalue weighted by Crippen LogP contribution is -2.12. The first-order valence-corrected chi connectivity index (χ1v) is 6.07. The van der Waals surface area contributed by atoms with Crippen molar-refractivity contribution < 1.29 is 13.9 Å². The topological polar surface area (TPSA) is 120 Å². The number of nitrogens with two attached hydrogens (primary N) is 2. The van der Waals surface area contributed by atoms with Gasteiger partial charge in [-0.1, -0.05) is 0 Å². The predicted molar refractivity (Wildman–Crippen MR) is 74.1 cm³/mol. The van der Waals surface area contributed by atoms with Gasteiger partial charge in [0, 0.05) is 17.7 Å². The lowest BCUT2D eigenvalue weighted by atomic mass is 10.2. The van der Waals surface area contributed by atoms with Crippen LogP contribution in [0.1, 0.15) is 10.6 Å². The standard InChI is InChI=1S/C13H14FN5O2/c14-5-8(6-15)7-21-10-3-1-9(2-4-10)12-17-13(11(16)20)19-18-12/h1-5H,6-7,15H2,(H2,16,20)(H,17,18,19)/b8-5-. The van der Waals surface area contributed by atoms with Gasteiger partial charge in [-0.3, -0.25) is 9.89 Å². The fraction of sp³-hybridized carbons (Fsp3) is 0.154. The number of carbonyl (C=O) groups excluding carboxylic acids is 1. The molecule has 1 aromatic carbocycles. The molecule has 0 fully saturated rings. The number of aromatic nitrogens is 3. The number of halogens is 1. The number of ether oxygens (including phenoxy) is 1. The zero-order valence-corrected chi connectivity index (χ0v) is 11.0. The number of benzene rings is 1. The summed E-state index contributed by atoms with van der Waals surface area (Å²) < 4.78 is 17.7. The Labute approximate surface area is 119 Å². The van der Waals surface area contributed by atoms with E-state index in [0.717, 1.165) is 0 Å². The fourth-order valence-corrected chi connectivity index (χ4v) is 1.51. The van der Waals surface area contributed by atoms with E-state index in [2.05, 4.69) is 15.2 Å². The molecule has 1 heterocycles. The second-order valence-electron chi connectivity index (χ2n) is 4.16. The summed E-state index contributed by atoms with van der Waals surface area (Å²) in [6.45, 7) is 0.181. The highest BCUT2D eigenvalue weighted by atomic mass is 19.1. The molecule has 0 atom stereocenters. The average molecular weight is 291 g/mol. The molecular formula is C13H14FN5O2. The number of aromatic amines is 1. The molecule has 0 spiro atoms. The SMILES string of the molecule is NC/C(=C/F)COc1ccc(-c2n[nH]c(C(N)=O)n2)cc1. The van der Waals surface area contributed by atoms with Crippen LogP contribution in [0.25, 0.3) is 11.4 Å². The monoisotopic (exact) mass is 291 g/mol. The van der Waals surface area contributed by atoms with Crippen molar-refractivity contribution in [3.8, 4) is 17.1 Å². The van der Waals surface area contributed by atoms with E-state index in [-0.39, 0.29) is 19.0 Å². The van der Waals surface area contributed by atoms with Crippen LogP contribution in [0.5, 0.6) is 5.75 Å². The van der Waals surface area contributed by atoms with Gasteiger partial charge in [0.2, 0.25) is 5.82 Å². The molecule has 0 aliphatic rings. The Balaban J connectivity index is 2.06. The maximum absolute atomic E-state index is 12.3. The van der Waals surface area contributed by atoms with Crippen molar-refractivity contribution in [2.45, 2.75) is 0 Å². The molecule has 1 aromatic heterocycles. The number of amides is 1. The van der Waals surface area contributed by atoms with Crippen molar-refractivity contribution in [2.75, 3.05) is 13.2 Å². The van der Waals surface area contributed by atoms with Crippen LogP contribution in [0.3, 0.4) is 0 Å². The van der Waals surface area contributed by atoms with Gasteiger partial charge >= 0.3 is 0 Å². The number of carbonyl (C=O) groups is 1. The molecule has 110 valence electrons. The zero-order valence-electron chi connectivity index (χ0n) is 11.0. The molecule has 0 saturated heterocycles. The van der Waals surface area contributed by atoms with Crippen LogP contribution in [0, 0.1) is 0 Å². The van der Waals surface area contributed by atoms with E-state index in [0.29, 0.717) is 29.0 Å². The van der Waals surface area contributed by atoms with Gasteiger partial charge in [-0.25, -0.2) is 9.37 Å². The maximum atomic E-state index is 12.3. The summed E-state index contributed by atoms with van der Waals surface area (Å²) in [6, 6.07) is 6.79. The molecule has 0 aliphatic carbocycles. The highest BCUT2D eigenvalue weighted by Gasteiger charge is 2.09. The van der Waals surface area contributed by atoms with Crippen molar-refractivity contribution in [3.63, 3.8) is 0 Å². The molecule has 5 N–H and O–H groups in total. The summed E-state index contributed by atoms with van der Waals surface area (Å²) in [5.41, 5.74) is 11.5. The van der Waals surface area contributed by atoms with E-state index in [4.69, 9.17) is 16.2 Å². The molecule has 8 heteroatoms. The van der Waals surface area contributed by atoms with Crippen LogP contribution in [-0.4, -0.2) is 34.2 Å². The first kappa shape index (κ1) is 14.7. The van der Waals surface area contributed by atoms with Gasteiger partial charge in [-0.05, 0) is 24.3 Å². The summed E-state index contributed by atoms with van der Waals surface area (Å²) in [4.78, 5) is 14.9. The number of nitrogens with one attached hydrogen (secondary N) is 1. The summed E-state index contributed by atoms with van der Waals surface area (Å²) in [5.74, 6) is 0.214. The van der Waals surface area contributed by atoms with Crippen molar-refractivity contribution >= 4 is 5.91 Å². The van der Waals surface area contributed by atoms with Crippen LogP contribution in [-0.2, 0) is 0 Å². The molecule has 0 saturated carbocycles. The van der Waals surface area contributed by atoms with Gasteiger partial charge in [0.15, 0.2) is 5.82 Å². The Morgan fingerprint density at radius 2 is 2.10 bits per heavy atom. The highest BCUT2D eigenvalue weighted by molar-refractivity contribution is 5.89. The minimum Gasteiger partial charge on any atom is -0.489 e. The van der Waals surface area contributed by atoms with Crippen LogP contribution < -0.4 is 16.2 Å². The molecule has 7 nitrogen and oxygen atoms in total. The lowest BCUT2D eigenvalue weighted by molar-refractivity contribution is 0.0991. The predicted octanol–water partition coefficient (Wildman–Crippen LogP) is 0.761. The van der Waals surface area contributed by atoms with Gasteiger partial charge in [-0.15, -0.1) is 0 Å². The largest absolute Gasteiger partial charge is 0.489 e. The van der Waals surface area contributed by atoms with E-state index in [1.807, 2.05) is 0 Å². The van der Waals surface area contributed by atoms with Gasteiger partial charge in [0.25, 0.3) is 5.91 Å². The van der Waals surface area contributed by atoms with Gasteiger partial charge in [0.05, 0.1) is 6.33 Å². The third-order valence-electron chi connectivity index (χ3n) is 2.67. The Hall–Kier alpha value is -2.74. The molecule has 21 heavy (non-hydrogen) atoms. The Bertz CT molecular complexity index is 651.